The number of alkyl halides is 3. The molecule has 14 heavy (non-hydrogen) atoms. The summed E-state index contributed by atoms with van der Waals surface area (Å²) in [5.74, 6) is 0. The van der Waals surface area contributed by atoms with E-state index < -0.39 is 12.8 Å². The van der Waals surface area contributed by atoms with Gasteiger partial charge in [-0.05, 0) is 20.3 Å². The second-order valence-corrected chi connectivity index (χ2v) is 3.83. The number of rotatable bonds is 6. The van der Waals surface area contributed by atoms with Gasteiger partial charge in [0.25, 0.3) is 0 Å². The Bertz CT molecular complexity index is 157. The highest BCUT2D eigenvalue weighted by molar-refractivity contribution is 4.74. The Balaban J connectivity index is 3.39. The van der Waals surface area contributed by atoms with E-state index in [0.29, 0.717) is 6.54 Å². The van der Waals surface area contributed by atoms with Crippen LogP contribution in [0, 0.1) is 0 Å². The molecule has 0 bridgehead atoms. The standard InChI is InChI=1S/C9H18F3NO/c1-4-8(2,3)13-5-6-14-7-9(10,11)12/h13H,4-7H2,1-3H3. The van der Waals surface area contributed by atoms with Crippen molar-refractivity contribution >= 4 is 0 Å². The van der Waals surface area contributed by atoms with E-state index in [9.17, 15) is 13.2 Å². The molecule has 0 aliphatic rings. The molecule has 5 heteroatoms. The highest BCUT2D eigenvalue weighted by Crippen LogP contribution is 2.14. The fraction of sp³-hybridized carbons (Fsp3) is 1.00. The molecular formula is C9H18F3NO. The molecule has 0 saturated heterocycles. The Kier molecular flexibility index (Phi) is 5.44. The molecule has 86 valence electrons. The van der Waals surface area contributed by atoms with Gasteiger partial charge in [-0.15, -0.1) is 0 Å². The number of nitrogens with one attached hydrogen (secondary N) is 1. The summed E-state index contributed by atoms with van der Waals surface area (Å²) >= 11 is 0. The van der Waals surface area contributed by atoms with Gasteiger partial charge in [-0.25, -0.2) is 0 Å². The summed E-state index contributed by atoms with van der Waals surface area (Å²) in [4.78, 5) is 0. The molecule has 0 radical (unpaired) electrons. The van der Waals surface area contributed by atoms with E-state index in [2.05, 4.69) is 10.1 Å². The third kappa shape index (κ3) is 8.31. The van der Waals surface area contributed by atoms with Crippen LogP contribution in [-0.2, 0) is 4.74 Å². The normalized spacial score (nSPS) is 13.3. The second kappa shape index (κ2) is 5.56. The maximum Gasteiger partial charge on any atom is 0.411 e. The van der Waals surface area contributed by atoms with Crippen molar-refractivity contribution in [2.75, 3.05) is 19.8 Å². The summed E-state index contributed by atoms with van der Waals surface area (Å²) in [5, 5.41) is 3.10. The first kappa shape index (κ1) is 13.7. The topological polar surface area (TPSA) is 21.3 Å². The molecule has 0 spiro atoms. The van der Waals surface area contributed by atoms with Gasteiger partial charge in [0.1, 0.15) is 6.61 Å². The van der Waals surface area contributed by atoms with Gasteiger partial charge in [-0.2, -0.15) is 13.2 Å². The van der Waals surface area contributed by atoms with Gasteiger partial charge in [-0.3, -0.25) is 0 Å². The van der Waals surface area contributed by atoms with E-state index >= 15 is 0 Å². The van der Waals surface area contributed by atoms with E-state index in [4.69, 9.17) is 0 Å². The third-order valence-electron chi connectivity index (χ3n) is 2.00. The number of hydrogen-bond donors (Lipinski definition) is 1. The largest absolute Gasteiger partial charge is 0.411 e. The van der Waals surface area contributed by atoms with Crippen LogP contribution in [0.2, 0.25) is 0 Å². The lowest BCUT2D eigenvalue weighted by Crippen LogP contribution is -2.40. The third-order valence-corrected chi connectivity index (χ3v) is 2.00. The zero-order chi connectivity index (χ0) is 11.2. The van der Waals surface area contributed by atoms with Gasteiger partial charge in [0.2, 0.25) is 0 Å². The van der Waals surface area contributed by atoms with Crippen molar-refractivity contribution in [1.29, 1.82) is 0 Å². The van der Waals surface area contributed by atoms with Gasteiger partial charge < -0.3 is 10.1 Å². The van der Waals surface area contributed by atoms with Crippen molar-refractivity contribution < 1.29 is 17.9 Å². The Morgan fingerprint density at radius 1 is 1.21 bits per heavy atom. The minimum atomic E-state index is -4.22. The molecule has 0 aliphatic heterocycles. The van der Waals surface area contributed by atoms with Crippen LogP contribution in [0.5, 0.6) is 0 Å². The summed E-state index contributed by atoms with van der Waals surface area (Å²) in [6.07, 6.45) is -3.30. The maximum atomic E-state index is 11.6. The van der Waals surface area contributed by atoms with Crippen molar-refractivity contribution in [3.63, 3.8) is 0 Å². The number of ether oxygens (including phenoxy) is 1. The number of hydrogen-bond acceptors (Lipinski definition) is 2. The molecule has 1 N–H and O–H groups in total. The lowest BCUT2D eigenvalue weighted by molar-refractivity contribution is -0.173. The highest BCUT2D eigenvalue weighted by atomic mass is 19.4. The first-order valence-electron chi connectivity index (χ1n) is 4.66. The first-order valence-corrected chi connectivity index (χ1v) is 4.66. The predicted molar refractivity (Wildman–Crippen MR) is 49.2 cm³/mol. The van der Waals surface area contributed by atoms with Crippen LogP contribution in [-0.4, -0.2) is 31.5 Å². The van der Waals surface area contributed by atoms with Crippen LogP contribution in [0.25, 0.3) is 0 Å². The quantitative estimate of drug-likeness (QED) is 0.684. The van der Waals surface area contributed by atoms with E-state index in [-0.39, 0.29) is 12.1 Å². The zero-order valence-electron chi connectivity index (χ0n) is 8.87. The predicted octanol–water partition coefficient (Wildman–Crippen LogP) is 2.34. The Morgan fingerprint density at radius 2 is 1.79 bits per heavy atom. The molecule has 0 rings (SSSR count). The summed E-state index contributed by atoms with van der Waals surface area (Å²) in [6, 6.07) is 0. The van der Waals surface area contributed by atoms with E-state index in [1.165, 1.54) is 0 Å². The van der Waals surface area contributed by atoms with Crippen molar-refractivity contribution in [2.45, 2.75) is 38.9 Å². The van der Waals surface area contributed by atoms with Gasteiger partial charge >= 0.3 is 6.18 Å². The molecular weight excluding hydrogens is 195 g/mol. The minimum Gasteiger partial charge on any atom is -0.371 e. The molecule has 0 atom stereocenters. The molecule has 0 aromatic heterocycles. The monoisotopic (exact) mass is 213 g/mol. The van der Waals surface area contributed by atoms with Crippen LogP contribution in [0.3, 0.4) is 0 Å². The second-order valence-electron chi connectivity index (χ2n) is 3.83. The summed E-state index contributed by atoms with van der Waals surface area (Å²) < 4.78 is 39.4. The van der Waals surface area contributed by atoms with Crippen molar-refractivity contribution in [3.05, 3.63) is 0 Å². The van der Waals surface area contributed by atoms with Crippen LogP contribution < -0.4 is 5.32 Å². The van der Waals surface area contributed by atoms with Crippen molar-refractivity contribution in [3.8, 4) is 0 Å². The lowest BCUT2D eigenvalue weighted by Gasteiger charge is -2.24. The van der Waals surface area contributed by atoms with Gasteiger partial charge in [0.15, 0.2) is 0 Å². The van der Waals surface area contributed by atoms with Gasteiger partial charge in [0.05, 0.1) is 6.61 Å². The molecule has 0 saturated carbocycles. The molecule has 2 nitrogen and oxygen atoms in total. The molecule has 0 heterocycles. The lowest BCUT2D eigenvalue weighted by atomic mass is 10.0. The minimum absolute atomic E-state index is 0.0401. The molecule has 0 amide bonds. The van der Waals surface area contributed by atoms with Crippen molar-refractivity contribution in [2.24, 2.45) is 0 Å². The van der Waals surface area contributed by atoms with E-state index in [1.54, 1.807) is 0 Å². The average molecular weight is 213 g/mol. The van der Waals surface area contributed by atoms with Gasteiger partial charge in [0, 0.05) is 12.1 Å². The van der Waals surface area contributed by atoms with Crippen LogP contribution in [0.4, 0.5) is 13.2 Å². The van der Waals surface area contributed by atoms with Crippen LogP contribution in [0.15, 0.2) is 0 Å². The maximum absolute atomic E-state index is 11.6. The van der Waals surface area contributed by atoms with E-state index in [0.717, 1.165) is 6.42 Å². The Hall–Kier alpha value is -0.290. The SMILES string of the molecule is CCC(C)(C)NCCOCC(F)(F)F. The Labute approximate surface area is 82.8 Å². The van der Waals surface area contributed by atoms with Gasteiger partial charge in [-0.1, -0.05) is 6.92 Å². The molecule has 0 aromatic rings. The highest BCUT2D eigenvalue weighted by Gasteiger charge is 2.27. The fourth-order valence-corrected chi connectivity index (χ4v) is 0.774. The molecule has 0 fully saturated rings. The molecule has 0 aromatic carbocycles. The fourth-order valence-electron chi connectivity index (χ4n) is 0.774. The summed E-state index contributed by atoms with van der Waals surface area (Å²) in [5.41, 5.74) is -0.0401. The number of halogens is 3. The Morgan fingerprint density at radius 3 is 2.21 bits per heavy atom. The van der Waals surface area contributed by atoms with Crippen molar-refractivity contribution in [1.82, 2.24) is 5.32 Å². The average Bonchev–Trinajstić information content (AvgIpc) is 2.01. The first-order chi connectivity index (χ1) is 6.27. The molecule has 0 unspecified atom stereocenters. The van der Waals surface area contributed by atoms with Crippen LogP contribution >= 0.6 is 0 Å². The molecule has 0 aliphatic carbocycles. The smallest absolute Gasteiger partial charge is 0.371 e. The summed E-state index contributed by atoms with van der Waals surface area (Å²) in [6.45, 7) is 5.37. The summed E-state index contributed by atoms with van der Waals surface area (Å²) in [7, 11) is 0. The zero-order valence-corrected chi connectivity index (χ0v) is 8.87. The van der Waals surface area contributed by atoms with E-state index in [1.807, 2.05) is 20.8 Å². The van der Waals surface area contributed by atoms with Crippen LogP contribution in [0.1, 0.15) is 27.2 Å².